The molecule has 1 aromatic heterocycles. The van der Waals surface area contributed by atoms with E-state index >= 15 is 0 Å². The van der Waals surface area contributed by atoms with Crippen LogP contribution in [-0.4, -0.2) is 46.9 Å². The Morgan fingerprint density at radius 1 is 1.50 bits per heavy atom. The Labute approximate surface area is 98.2 Å². The Hall–Kier alpha value is -0.920. The third-order valence-electron chi connectivity index (χ3n) is 2.59. The second-order valence-electron chi connectivity index (χ2n) is 3.72. The molecular weight excluding hydrogens is 228 g/mol. The number of anilines is 2. The summed E-state index contributed by atoms with van der Waals surface area (Å²) in [6.07, 6.45) is 2.17. The molecule has 3 N–H and O–H groups in total. The quantitative estimate of drug-likeness (QED) is 0.781. The van der Waals surface area contributed by atoms with Gasteiger partial charge in [0.25, 0.3) is 0 Å². The van der Waals surface area contributed by atoms with Crippen LogP contribution in [-0.2, 0) is 4.74 Å². The zero-order valence-electron chi connectivity index (χ0n) is 9.00. The molecule has 0 aromatic carbocycles. The summed E-state index contributed by atoms with van der Waals surface area (Å²) in [5.74, 6) is 0.346. The van der Waals surface area contributed by atoms with Gasteiger partial charge in [0.05, 0.1) is 19.3 Å². The lowest BCUT2D eigenvalue weighted by Gasteiger charge is -2.31. The molecule has 1 aliphatic rings. The van der Waals surface area contributed by atoms with Crippen molar-refractivity contribution >= 4 is 22.6 Å². The van der Waals surface area contributed by atoms with Gasteiger partial charge < -0.3 is 20.5 Å². The van der Waals surface area contributed by atoms with Crippen molar-refractivity contribution in [2.24, 2.45) is 0 Å². The van der Waals surface area contributed by atoms with Crippen molar-refractivity contribution in [2.45, 2.75) is 18.9 Å². The minimum atomic E-state index is 0.0904. The van der Waals surface area contributed by atoms with Crippen LogP contribution < -0.4 is 10.6 Å². The maximum absolute atomic E-state index is 8.66. The van der Waals surface area contributed by atoms with E-state index in [4.69, 9.17) is 15.6 Å². The number of hydrogen-bond donors (Lipinski definition) is 2. The number of nitrogen functional groups attached to an aromatic ring is 1. The molecule has 16 heavy (non-hydrogen) atoms. The normalized spacial score (nSPS) is 17.9. The fourth-order valence-electron chi connectivity index (χ4n) is 1.79. The maximum atomic E-state index is 8.66. The van der Waals surface area contributed by atoms with Crippen LogP contribution >= 0.6 is 11.5 Å². The summed E-state index contributed by atoms with van der Waals surface area (Å²) in [5.41, 5.74) is 5.49. The van der Waals surface area contributed by atoms with Crippen molar-refractivity contribution in [2.75, 3.05) is 36.9 Å². The highest BCUT2D eigenvalue weighted by Gasteiger charge is 2.21. The van der Waals surface area contributed by atoms with E-state index < -0.39 is 0 Å². The van der Waals surface area contributed by atoms with Gasteiger partial charge in [-0.25, -0.2) is 0 Å². The van der Waals surface area contributed by atoms with E-state index in [1.54, 1.807) is 0 Å². The molecule has 0 aliphatic carbocycles. The molecule has 1 fully saturated rings. The van der Waals surface area contributed by atoms with Gasteiger partial charge in [-0.2, -0.15) is 9.36 Å². The van der Waals surface area contributed by atoms with Gasteiger partial charge in [-0.05, 0) is 12.8 Å². The number of aromatic nitrogens is 2. The Morgan fingerprint density at radius 3 is 2.81 bits per heavy atom. The highest BCUT2D eigenvalue weighted by Crippen LogP contribution is 2.23. The fourth-order valence-corrected chi connectivity index (χ4v) is 2.44. The Kier molecular flexibility index (Phi) is 3.92. The molecule has 1 aliphatic heterocycles. The summed E-state index contributed by atoms with van der Waals surface area (Å²) in [6, 6.07) is 0. The first-order chi connectivity index (χ1) is 7.79. The highest BCUT2D eigenvalue weighted by atomic mass is 32.1. The predicted molar refractivity (Wildman–Crippen MR) is 62.6 cm³/mol. The minimum Gasteiger partial charge on any atom is -0.394 e. The monoisotopic (exact) mass is 244 g/mol. The number of rotatable bonds is 4. The number of aliphatic hydroxyl groups is 1. The molecule has 0 unspecified atom stereocenters. The van der Waals surface area contributed by atoms with E-state index in [0.29, 0.717) is 12.6 Å². The molecule has 0 saturated carbocycles. The molecule has 7 heteroatoms. The summed E-state index contributed by atoms with van der Waals surface area (Å²) in [4.78, 5) is 6.33. The molecule has 0 amide bonds. The smallest absolute Gasteiger partial charge is 0.233 e. The molecule has 0 atom stereocenters. The van der Waals surface area contributed by atoms with Gasteiger partial charge in [-0.3, -0.25) is 0 Å². The van der Waals surface area contributed by atoms with Crippen LogP contribution in [0.25, 0.3) is 0 Å². The zero-order valence-corrected chi connectivity index (χ0v) is 9.82. The van der Waals surface area contributed by atoms with E-state index in [2.05, 4.69) is 14.3 Å². The van der Waals surface area contributed by atoms with Crippen LogP contribution in [0.2, 0.25) is 0 Å². The Balaban J connectivity index is 1.81. The van der Waals surface area contributed by atoms with Crippen LogP contribution in [0.4, 0.5) is 11.1 Å². The van der Waals surface area contributed by atoms with Crippen LogP contribution in [0.5, 0.6) is 0 Å². The summed E-state index contributed by atoms with van der Waals surface area (Å²) in [6.45, 7) is 2.33. The summed E-state index contributed by atoms with van der Waals surface area (Å²) >= 11 is 1.33. The number of piperidine rings is 1. The molecule has 2 heterocycles. The number of nitrogens with zero attached hydrogens (tertiary/aromatic N) is 3. The van der Waals surface area contributed by atoms with E-state index in [-0.39, 0.29) is 12.7 Å². The maximum Gasteiger partial charge on any atom is 0.233 e. The molecule has 6 nitrogen and oxygen atoms in total. The lowest BCUT2D eigenvalue weighted by molar-refractivity contribution is 0.0159. The molecule has 1 saturated heterocycles. The number of ether oxygens (including phenoxy) is 1. The van der Waals surface area contributed by atoms with Crippen molar-refractivity contribution < 1.29 is 9.84 Å². The third kappa shape index (κ3) is 2.81. The van der Waals surface area contributed by atoms with Crippen LogP contribution in [0.15, 0.2) is 0 Å². The van der Waals surface area contributed by atoms with E-state index in [1.165, 1.54) is 11.5 Å². The number of nitrogens with two attached hydrogens (primary N) is 1. The second-order valence-corrected chi connectivity index (χ2v) is 4.45. The average Bonchev–Trinajstić information content (AvgIpc) is 2.74. The topological polar surface area (TPSA) is 84.5 Å². The number of hydrogen-bond acceptors (Lipinski definition) is 7. The average molecular weight is 244 g/mol. The molecule has 90 valence electrons. The van der Waals surface area contributed by atoms with Crippen LogP contribution in [0, 0.1) is 0 Å². The Bertz CT molecular complexity index is 325. The largest absolute Gasteiger partial charge is 0.394 e. The van der Waals surface area contributed by atoms with Crippen molar-refractivity contribution in [1.82, 2.24) is 9.36 Å². The van der Waals surface area contributed by atoms with E-state index in [0.717, 1.165) is 31.1 Å². The summed E-state index contributed by atoms with van der Waals surface area (Å²) in [7, 11) is 0. The zero-order chi connectivity index (χ0) is 11.4. The van der Waals surface area contributed by atoms with Gasteiger partial charge in [0, 0.05) is 24.6 Å². The summed E-state index contributed by atoms with van der Waals surface area (Å²) in [5, 5.41) is 9.55. The lowest BCUT2D eigenvalue weighted by atomic mass is 10.1. The first-order valence-corrected chi connectivity index (χ1v) is 6.13. The van der Waals surface area contributed by atoms with Crippen molar-refractivity contribution in [3.63, 3.8) is 0 Å². The molecule has 0 radical (unpaired) electrons. The third-order valence-corrected chi connectivity index (χ3v) is 3.38. The fraction of sp³-hybridized carbons (Fsp3) is 0.778. The van der Waals surface area contributed by atoms with Gasteiger partial charge in [0.1, 0.15) is 0 Å². The van der Waals surface area contributed by atoms with E-state index in [9.17, 15) is 0 Å². The molecule has 2 rings (SSSR count). The van der Waals surface area contributed by atoms with Gasteiger partial charge >= 0.3 is 0 Å². The predicted octanol–water partition coefficient (Wildman–Crippen LogP) is 0.0980. The second kappa shape index (κ2) is 5.42. The minimum absolute atomic E-state index is 0.0904. The summed E-state index contributed by atoms with van der Waals surface area (Å²) < 4.78 is 9.45. The van der Waals surface area contributed by atoms with Crippen molar-refractivity contribution in [3.05, 3.63) is 0 Å². The highest BCUT2D eigenvalue weighted by molar-refractivity contribution is 7.09. The molecule has 1 aromatic rings. The van der Waals surface area contributed by atoms with Gasteiger partial charge in [0.2, 0.25) is 11.1 Å². The van der Waals surface area contributed by atoms with Gasteiger partial charge in [-0.1, -0.05) is 0 Å². The lowest BCUT2D eigenvalue weighted by Crippen LogP contribution is -2.37. The molecule has 0 bridgehead atoms. The number of aliphatic hydroxyl groups excluding tert-OH is 1. The van der Waals surface area contributed by atoms with Crippen molar-refractivity contribution in [3.8, 4) is 0 Å². The first kappa shape index (κ1) is 11.6. The Morgan fingerprint density at radius 2 is 2.25 bits per heavy atom. The van der Waals surface area contributed by atoms with Crippen molar-refractivity contribution in [1.29, 1.82) is 0 Å². The van der Waals surface area contributed by atoms with Gasteiger partial charge in [-0.15, -0.1) is 0 Å². The SMILES string of the molecule is Nc1nsc(N2CCC(OCCO)CC2)n1. The van der Waals surface area contributed by atoms with Gasteiger partial charge in [0.15, 0.2) is 0 Å². The van der Waals surface area contributed by atoms with Crippen LogP contribution in [0.3, 0.4) is 0 Å². The first-order valence-electron chi connectivity index (χ1n) is 5.36. The molecular formula is C9H16N4O2S. The van der Waals surface area contributed by atoms with E-state index in [1.807, 2.05) is 0 Å². The standard InChI is InChI=1S/C9H16N4O2S/c10-8-11-9(16-12-8)13-3-1-7(2-4-13)15-6-5-14/h7,14H,1-6H2,(H2,10,12). The molecule has 0 spiro atoms. The van der Waals surface area contributed by atoms with Crippen LogP contribution in [0.1, 0.15) is 12.8 Å².